The Morgan fingerprint density at radius 2 is 1.89 bits per heavy atom. The van der Waals surface area contributed by atoms with Gasteiger partial charge in [0.25, 0.3) is 5.91 Å². The molecule has 6 heteroatoms. The lowest BCUT2D eigenvalue weighted by Crippen LogP contribution is -2.35. The second kappa shape index (κ2) is 5.59. The second-order valence-electron chi connectivity index (χ2n) is 4.29. The lowest BCUT2D eigenvalue weighted by Gasteiger charge is -2.19. The average Bonchev–Trinajstić information content (AvgIpc) is 2.60. The Labute approximate surface area is 116 Å². The molecule has 0 aromatic heterocycles. The fraction of sp³-hybridized carbons (Fsp3) is 0.385. The lowest BCUT2D eigenvalue weighted by molar-refractivity contribution is -0.127. The minimum Gasteiger partial charge on any atom is -0.383 e. The Bertz CT molecular complexity index is 489. The summed E-state index contributed by atoms with van der Waals surface area (Å²) < 4.78 is 4.91. The maximum Gasteiger partial charge on any atom is 0.332 e. The summed E-state index contributed by atoms with van der Waals surface area (Å²) in [5.74, 6) is -0.211. The third kappa shape index (κ3) is 2.57. The van der Waals surface area contributed by atoms with Gasteiger partial charge < -0.3 is 4.74 Å². The van der Waals surface area contributed by atoms with E-state index in [2.05, 4.69) is 0 Å². The van der Waals surface area contributed by atoms with Crippen molar-refractivity contribution in [3.05, 3.63) is 29.3 Å². The molecule has 1 aliphatic rings. The summed E-state index contributed by atoms with van der Waals surface area (Å²) in [4.78, 5) is 27.0. The first kappa shape index (κ1) is 13.8. The van der Waals surface area contributed by atoms with E-state index >= 15 is 0 Å². The molecular formula is C13H15ClN2O3. The van der Waals surface area contributed by atoms with Crippen LogP contribution in [0.4, 0.5) is 10.5 Å². The SMILES string of the molecule is COCCN1C(=O)[C@H](C)N(c2ccc(Cl)cc2)C1=O. The number of carbonyl (C=O) groups excluding carboxylic acids is 2. The molecule has 1 saturated heterocycles. The summed E-state index contributed by atoms with van der Waals surface area (Å²) in [5.41, 5.74) is 0.662. The summed E-state index contributed by atoms with van der Waals surface area (Å²) in [5, 5.41) is 0.589. The van der Waals surface area contributed by atoms with E-state index in [9.17, 15) is 9.59 Å². The van der Waals surface area contributed by atoms with E-state index in [1.54, 1.807) is 31.2 Å². The number of imide groups is 1. The van der Waals surface area contributed by atoms with Gasteiger partial charge in [0.15, 0.2) is 0 Å². The Balaban J connectivity index is 2.24. The minimum absolute atomic E-state index is 0.211. The summed E-state index contributed by atoms with van der Waals surface area (Å²) in [7, 11) is 1.53. The van der Waals surface area contributed by atoms with E-state index in [0.717, 1.165) is 0 Å². The van der Waals surface area contributed by atoms with E-state index in [0.29, 0.717) is 17.3 Å². The second-order valence-corrected chi connectivity index (χ2v) is 4.72. The molecule has 0 spiro atoms. The van der Waals surface area contributed by atoms with Crippen LogP contribution in [-0.2, 0) is 9.53 Å². The molecule has 0 bridgehead atoms. The van der Waals surface area contributed by atoms with Gasteiger partial charge in [0.05, 0.1) is 13.2 Å². The zero-order valence-corrected chi connectivity index (χ0v) is 11.6. The average molecular weight is 283 g/mol. The predicted octanol–water partition coefficient (Wildman–Crippen LogP) is 2.14. The predicted molar refractivity (Wildman–Crippen MR) is 72.4 cm³/mol. The summed E-state index contributed by atoms with van der Waals surface area (Å²) in [6.07, 6.45) is 0. The van der Waals surface area contributed by atoms with Gasteiger partial charge >= 0.3 is 6.03 Å². The smallest absolute Gasteiger partial charge is 0.332 e. The van der Waals surface area contributed by atoms with E-state index in [4.69, 9.17) is 16.3 Å². The number of carbonyl (C=O) groups is 2. The fourth-order valence-electron chi connectivity index (χ4n) is 2.05. The highest BCUT2D eigenvalue weighted by molar-refractivity contribution is 6.30. The van der Waals surface area contributed by atoms with Gasteiger partial charge in [-0.15, -0.1) is 0 Å². The van der Waals surface area contributed by atoms with Crippen molar-refractivity contribution in [2.75, 3.05) is 25.2 Å². The maximum atomic E-state index is 12.3. The summed E-state index contributed by atoms with van der Waals surface area (Å²) in [6, 6.07) is 6.01. The number of hydrogen-bond donors (Lipinski definition) is 0. The maximum absolute atomic E-state index is 12.3. The molecule has 0 aliphatic carbocycles. The van der Waals surface area contributed by atoms with E-state index in [1.165, 1.54) is 16.9 Å². The number of methoxy groups -OCH3 is 1. The van der Waals surface area contributed by atoms with Crippen LogP contribution >= 0.6 is 11.6 Å². The first-order valence-corrected chi connectivity index (χ1v) is 6.33. The molecule has 0 saturated carbocycles. The van der Waals surface area contributed by atoms with Crippen LogP contribution < -0.4 is 4.90 Å². The number of urea groups is 1. The highest BCUT2D eigenvalue weighted by atomic mass is 35.5. The molecular weight excluding hydrogens is 268 g/mol. The molecule has 1 aromatic rings. The Hall–Kier alpha value is -1.59. The van der Waals surface area contributed by atoms with Crippen LogP contribution in [0, 0.1) is 0 Å². The number of ether oxygens (including phenoxy) is 1. The van der Waals surface area contributed by atoms with Crippen molar-refractivity contribution in [1.82, 2.24) is 4.90 Å². The molecule has 5 nitrogen and oxygen atoms in total. The van der Waals surface area contributed by atoms with Crippen LogP contribution in [0.5, 0.6) is 0 Å². The molecule has 0 N–H and O–H groups in total. The Kier molecular flexibility index (Phi) is 4.07. The van der Waals surface area contributed by atoms with Crippen molar-refractivity contribution >= 4 is 29.2 Å². The third-order valence-corrected chi connectivity index (χ3v) is 3.32. The van der Waals surface area contributed by atoms with Gasteiger partial charge in [-0.05, 0) is 31.2 Å². The number of anilines is 1. The van der Waals surface area contributed by atoms with Crippen LogP contribution in [0.25, 0.3) is 0 Å². The van der Waals surface area contributed by atoms with Crippen LogP contribution in [0.1, 0.15) is 6.92 Å². The third-order valence-electron chi connectivity index (χ3n) is 3.07. The zero-order chi connectivity index (χ0) is 14.0. The van der Waals surface area contributed by atoms with Crippen molar-refractivity contribution < 1.29 is 14.3 Å². The quantitative estimate of drug-likeness (QED) is 0.795. The van der Waals surface area contributed by atoms with Gasteiger partial charge in [-0.3, -0.25) is 14.6 Å². The number of hydrogen-bond acceptors (Lipinski definition) is 3. The van der Waals surface area contributed by atoms with Crippen LogP contribution in [0.2, 0.25) is 5.02 Å². The van der Waals surface area contributed by atoms with Crippen LogP contribution in [0.3, 0.4) is 0 Å². The van der Waals surface area contributed by atoms with Crippen LogP contribution in [-0.4, -0.2) is 43.1 Å². The van der Waals surface area contributed by atoms with E-state index in [-0.39, 0.29) is 18.5 Å². The van der Waals surface area contributed by atoms with Crippen molar-refractivity contribution in [1.29, 1.82) is 0 Å². The van der Waals surface area contributed by atoms with Crippen LogP contribution in [0.15, 0.2) is 24.3 Å². The molecule has 2 rings (SSSR count). The molecule has 0 radical (unpaired) electrons. The highest BCUT2D eigenvalue weighted by Gasteiger charge is 2.42. The Morgan fingerprint density at radius 1 is 1.26 bits per heavy atom. The van der Waals surface area contributed by atoms with Gasteiger partial charge in [0.2, 0.25) is 0 Å². The number of benzene rings is 1. The monoisotopic (exact) mass is 282 g/mol. The van der Waals surface area contributed by atoms with Gasteiger partial charge in [-0.1, -0.05) is 11.6 Å². The molecule has 0 unspecified atom stereocenters. The standard InChI is InChI=1S/C13H15ClN2O3/c1-9-12(17)15(7-8-19-2)13(18)16(9)11-5-3-10(14)4-6-11/h3-6,9H,7-8H2,1-2H3/t9-/m0/s1. The minimum atomic E-state index is -0.509. The van der Waals surface area contributed by atoms with E-state index < -0.39 is 6.04 Å². The highest BCUT2D eigenvalue weighted by Crippen LogP contribution is 2.26. The number of halogens is 1. The first-order chi connectivity index (χ1) is 9.06. The Morgan fingerprint density at radius 3 is 2.47 bits per heavy atom. The van der Waals surface area contributed by atoms with Gasteiger partial charge in [0, 0.05) is 17.8 Å². The number of nitrogens with zero attached hydrogens (tertiary/aromatic N) is 2. The van der Waals surface area contributed by atoms with Gasteiger partial charge in [-0.2, -0.15) is 0 Å². The molecule has 1 aliphatic heterocycles. The van der Waals surface area contributed by atoms with Gasteiger partial charge in [-0.25, -0.2) is 4.79 Å². The lowest BCUT2D eigenvalue weighted by atomic mass is 10.2. The van der Waals surface area contributed by atoms with Crippen molar-refractivity contribution in [2.45, 2.75) is 13.0 Å². The molecule has 1 aromatic carbocycles. The molecule has 19 heavy (non-hydrogen) atoms. The topological polar surface area (TPSA) is 49.9 Å². The van der Waals surface area contributed by atoms with Crippen molar-refractivity contribution in [3.8, 4) is 0 Å². The molecule has 1 atom stereocenters. The van der Waals surface area contributed by atoms with Crippen molar-refractivity contribution in [2.24, 2.45) is 0 Å². The largest absolute Gasteiger partial charge is 0.383 e. The fourth-order valence-corrected chi connectivity index (χ4v) is 2.18. The number of rotatable bonds is 4. The molecule has 1 fully saturated rings. The van der Waals surface area contributed by atoms with Gasteiger partial charge in [0.1, 0.15) is 6.04 Å². The normalized spacial score (nSPS) is 19.4. The van der Waals surface area contributed by atoms with Crippen molar-refractivity contribution in [3.63, 3.8) is 0 Å². The first-order valence-electron chi connectivity index (χ1n) is 5.95. The zero-order valence-electron chi connectivity index (χ0n) is 10.8. The molecule has 102 valence electrons. The number of amides is 3. The summed E-state index contributed by atoms with van der Waals surface area (Å²) in [6.45, 7) is 2.31. The molecule has 3 amide bonds. The summed E-state index contributed by atoms with van der Waals surface area (Å²) >= 11 is 5.82. The van der Waals surface area contributed by atoms with E-state index in [1.807, 2.05) is 0 Å². The molecule has 1 heterocycles.